The van der Waals surface area contributed by atoms with Crippen LogP contribution in [0.2, 0.25) is 0 Å². The van der Waals surface area contributed by atoms with E-state index in [0.29, 0.717) is 23.2 Å². The van der Waals surface area contributed by atoms with Crippen LogP contribution >= 0.6 is 0 Å². The molecule has 1 aliphatic rings. The Hall–Kier alpha value is -1.90. The molecular weight excluding hydrogens is 349 g/mol. The molecular formula is C17H18N3NaO5. The number of carbonyl (C=O) groups is 2. The molecule has 1 heterocycles. The Morgan fingerprint density at radius 1 is 1.27 bits per heavy atom. The van der Waals surface area contributed by atoms with Gasteiger partial charge in [-0.25, -0.2) is 0 Å². The van der Waals surface area contributed by atoms with Gasteiger partial charge < -0.3 is 24.5 Å². The van der Waals surface area contributed by atoms with Gasteiger partial charge in [-0.1, -0.05) is 19.0 Å². The summed E-state index contributed by atoms with van der Waals surface area (Å²) < 4.78 is 10.5. The summed E-state index contributed by atoms with van der Waals surface area (Å²) in [4.78, 5) is 27.3. The molecule has 8 nitrogen and oxygen atoms in total. The van der Waals surface area contributed by atoms with Crippen molar-refractivity contribution in [3.63, 3.8) is 0 Å². The van der Waals surface area contributed by atoms with E-state index in [9.17, 15) is 14.7 Å². The number of aryl methyl sites for hydroxylation is 1. The molecule has 1 aliphatic carbocycles. The maximum Gasteiger partial charge on any atom is 1.00 e. The number of carboxylic acid groups (broad SMARTS) is 1. The van der Waals surface area contributed by atoms with Crippen molar-refractivity contribution in [2.45, 2.75) is 27.4 Å². The SMILES string of the molecule is Cc1noc(COc2ccc(NC(=O)[C@@H]3[C@H](C(=O)[O-])C3(C)C)cc2)n1.[Na+]. The topological polar surface area (TPSA) is 117 Å². The number of hydrogen-bond donors (Lipinski definition) is 1. The fourth-order valence-corrected chi connectivity index (χ4v) is 2.97. The Kier molecular flexibility index (Phi) is 6.10. The van der Waals surface area contributed by atoms with Crippen LogP contribution in [0.5, 0.6) is 5.75 Å². The molecule has 1 aromatic carbocycles. The number of rotatable bonds is 6. The molecule has 0 aliphatic heterocycles. The van der Waals surface area contributed by atoms with Crippen molar-refractivity contribution in [2.75, 3.05) is 5.32 Å². The summed E-state index contributed by atoms with van der Waals surface area (Å²) in [5.41, 5.74) is -0.0282. The van der Waals surface area contributed by atoms with Gasteiger partial charge in [-0.15, -0.1) is 0 Å². The van der Waals surface area contributed by atoms with Crippen LogP contribution in [-0.4, -0.2) is 22.0 Å². The molecule has 1 saturated carbocycles. The van der Waals surface area contributed by atoms with Crippen molar-refractivity contribution in [3.05, 3.63) is 36.0 Å². The van der Waals surface area contributed by atoms with Crippen molar-refractivity contribution < 1.29 is 53.5 Å². The number of hydrogen-bond acceptors (Lipinski definition) is 7. The number of ether oxygens (including phenoxy) is 1. The number of carbonyl (C=O) groups excluding carboxylic acids is 2. The zero-order valence-corrected chi connectivity index (χ0v) is 17.1. The first-order valence-electron chi connectivity index (χ1n) is 7.83. The summed E-state index contributed by atoms with van der Waals surface area (Å²) in [6.07, 6.45) is 0. The fraction of sp³-hybridized carbons (Fsp3) is 0.412. The van der Waals surface area contributed by atoms with Crippen molar-refractivity contribution in [1.29, 1.82) is 0 Å². The van der Waals surface area contributed by atoms with Gasteiger partial charge in [0.25, 0.3) is 5.89 Å². The molecule has 0 bridgehead atoms. The first-order chi connectivity index (χ1) is 11.8. The predicted molar refractivity (Wildman–Crippen MR) is 84.2 cm³/mol. The Balaban J connectivity index is 0.00000243. The molecule has 1 N–H and O–H groups in total. The molecule has 132 valence electrons. The van der Waals surface area contributed by atoms with Crippen molar-refractivity contribution in [3.8, 4) is 5.75 Å². The Bertz CT molecular complexity index is 803. The largest absolute Gasteiger partial charge is 1.00 e. The summed E-state index contributed by atoms with van der Waals surface area (Å²) in [6, 6.07) is 6.73. The van der Waals surface area contributed by atoms with Crippen molar-refractivity contribution in [1.82, 2.24) is 10.1 Å². The van der Waals surface area contributed by atoms with Gasteiger partial charge in [0.1, 0.15) is 5.75 Å². The number of aromatic nitrogens is 2. The fourth-order valence-electron chi connectivity index (χ4n) is 2.97. The summed E-state index contributed by atoms with van der Waals surface area (Å²) in [6.45, 7) is 5.36. The minimum Gasteiger partial charge on any atom is -0.550 e. The first kappa shape index (κ1) is 20.4. The second-order valence-corrected chi connectivity index (χ2v) is 6.63. The average molecular weight is 367 g/mol. The van der Waals surface area contributed by atoms with Crippen LogP contribution in [0.1, 0.15) is 25.6 Å². The van der Waals surface area contributed by atoms with E-state index in [2.05, 4.69) is 15.5 Å². The van der Waals surface area contributed by atoms with Gasteiger partial charge in [-0.05, 0) is 36.6 Å². The third-order valence-electron chi connectivity index (χ3n) is 4.42. The van der Waals surface area contributed by atoms with Crippen LogP contribution < -0.4 is 44.7 Å². The van der Waals surface area contributed by atoms with Gasteiger partial charge in [0, 0.05) is 17.6 Å². The molecule has 26 heavy (non-hydrogen) atoms. The minimum atomic E-state index is -1.19. The third kappa shape index (κ3) is 4.25. The number of amides is 1. The molecule has 0 saturated heterocycles. The normalized spacial score (nSPS) is 20.0. The van der Waals surface area contributed by atoms with Gasteiger partial charge in [-0.2, -0.15) is 4.98 Å². The van der Waals surface area contributed by atoms with Crippen LogP contribution in [0.25, 0.3) is 0 Å². The van der Waals surface area contributed by atoms with Gasteiger partial charge in [0.05, 0.1) is 5.92 Å². The zero-order valence-electron chi connectivity index (χ0n) is 15.1. The smallest absolute Gasteiger partial charge is 0.550 e. The molecule has 3 rings (SSSR count). The van der Waals surface area contributed by atoms with E-state index in [4.69, 9.17) is 9.26 Å². The van der Waals surface area contributed by atoms with Crippen LogP contribution in [0.15, 0.2) is 28.8 Å². The molecule has 2 aromatic rings. The van der Waals surface area contributed by atoms with Crippen LogP contribution in [-0.2, 0) is 16.2 Å². The number of aliphatic carboxylic acids is 1. The summed E-state index contributed by atoms with van der Waals surface area (Å²) >= 11 is 0. The van der Waals surface area contributed by atoms with Crippen LogP contribution in [0.4, 0.5) is 5.69 Å². The maximum atomic E-state index is 12.2. The molecule has 0 unspecified atom stereocenters. The Morgan fingerprint density at radius 3 is 2.42 bits per heavy atom. The van der Waals surface area contributed by atoms with E-state index in [0.717, 1.165) is 0 Å². The number of benzene rings is 1. The van der Waals surface area contributed by atoms with Gasteiger partial charge in [0.15, 0.2) is 12.4 Å². The number of nitrogens with one attached hydrogen (secondary N) is 1. The van der Waals surface area contributed by atoms with E-state index in [1.165, 1.54) is 0 Å². The van der Waals surface area contributed by atoms with Crippen LogP contribution in [0, 0.1) is 24.2 Å². The van der Waals surface area contributed by atoms with Crippen molar-refractivity contribution in [2.24, 2.45) is 17.3 Å². The molecule has 1 aromatic heterocycles. The second kappa shape index (κ2) is 7.77. The number of nitrogens with zero attached hydrogens (tertiary/aromatic N) is 2. The Morgan fingerprint density at radius 2 is 1.92 bits per heavy atom. The minimum absolute atomic E-state index is 0. The monoisotopic (exact) mass is 367 g/mol. The maximum absolute atomic E-state index is 12.2. The van der Waals surface area contributed by atoms with E-state index in [-0.39, 0.29) is 42.1 Å². The second-order valence-electron chi connectivity index (χ2n) is 6.63. The van der Waals surface area contributed by atoms with E-state index >= 15 is 0 Å². The molecule has 1 amide bonds. The molecule has 0 radical (unpaired) electrons. The number of carboxylic acids is 1. The standard InChI is InChI=1S/C17H19N3O5.Na/c1-9-18-12(25-20-9)8-24-11-6-4-10(5-7-11)19-15(21)13-14(16(22)23)17(13,2)3;/h4-7,13-14H,8H2,1-3H3,(H,19,21)(H,22,23);/q;+1/p-1/t13-,14+;/m0./s1. The summed E-state index contributed by atoms with van der Waals surface area (Å²) in [5, 5.41) is 17.4. The molecule has 9 heteroatoms. The quantitative estimate of drug-likeness (QED) is 0.583. The molecule has 2 atom stereocenters. The summed E-state index contributed by atoms with van der Waals surface area (Å²) in [7, 11) is 0. The van der Waals surface area contributed by atoms with Gasteiger partial charge in [0.2, 0.25) is 5.91 Å². The average Bonchev–Trinajstić information content (AvgIpc) is 2.90. The molecule has 0 spiro atoms. The Labute approximate surface area is 172 Å². The van der Waals surface area contributed by atoms with E-state index in [1.54, 1.807) is 45.0 Å². The predicted octanol–water partition coefficient (Wildman–Crippen LogP) is -2.08. The first-order valence-corrected chi connectivity index (χ1v) is 7.83. The third-order valence-corrected chi connectivity index (χ3v) is 4.42. The van der Waals surface area contributed by atoms with E-state index in [1.807, 2.05) is 0 Å². The van der Waals surface area contributed by atoms with Gasteiger partial charge >= 0.3 is 29.6 Å². The van der Waals surface area contributed by atoms with E-state index < -0.39 is 23.2 Å². The molecule has 1 fully saturated rings. The van der Waals surface area contributed by atoms with Crippen LogP contribution in [0.3, 0.4) is 0 Å². The number of anilines is 1. The zero-order chi connectivity index (χ0) is 18.2. The van der Waals surface area contributed by atoms with Gasteiger partial charge in [-0.3, -0.25) is 4.79 Å². The van der Waals surface area contributed by atoms with Crippen molar-refractivity contribution >= 4 is 17.6 Å². The summed E-state index contributed by atoms with van der Waals surface area (Å²) in [5.74, 6) is -1.37.